The Morgan fingerprint density at radius 2 is 1.28 bits per heavy atom. The van der Waals surface area contributed by atoms with Crippen LogP contribution in [0.3, 0.4) is 0 Å². The van der Waals surface area contributed by atoms with Crippen LogP contribution < -0.4 is 10.6 Å². The molecule has 0 bridgehead atoms. The van der Waals surface area contributed by atoms with Crippen LogP contribution in [0.4, 0.5) is 17.1 Å². The molecule has 0 heterocycles. The molecule has 18 heavy (non-hydrogen) atoms. The van der Waals surface area contributed by atoms with Gasteiger partial charge in [0.1, 0.15) is 0 Å². The molecule has 2 nitrogen and oxygen atoms in total. The summed E-state index contributed by atoms with van der Waals surface area (Å²) in [5.41, 5.74) is 10.2. The Hall–Kier alpha value is -1.96. The van der Waals surface area contributed by atoms with Gasteiger partial charge in [0.05, 0.1) is 0 Å². The first kappa shape index (κ1) is 12.5. The lowest BCUT2D eigenvalue weighted by molar-refractivity contribution is 0.789. The van der Waals surface area contributed by atoms with E-state index in [1.54, 1.807) is 0 Å². The van der Waals surface area contributed by atoms with E-state index in [1.165, 1.54) is 16.9 Å². The largest absolute Gasteiger partial charge is 0.399 e. The molecule has 2 aromatic carbocycles. The van der Waals surface area contributed by atoms with E-state index < -0.39 is 0 Å². The smallest absolute Gasteiger partial charge is 0.0414 e. The van der Waals surface area contributed by atoms with E-state index in [0.717, 1.165) is 5.69 Å². The molecule has 2 heteroatoms. The molecule has 0 amide bonds. The maximum atomic E-state index is 5.74. The minimum Gasteiger partial charge on any atom is -0.399 e. The third kappa shape index (κ3) is 2.65. The minimum atomic E-state index is 0.399. The number of nitrogens with zero attached hydrogens (tertiary/aromatic N) is 1. The molecule has 0 spiro atoms. The summed E-state index contributed by atoms with van der Waals surface area (Å²) in [5.74, 6) is 0. The molecule has 0 saturated heterocycles. The van der Waals surface area contributed by atoms with E-state index in [2.05, 4.69) is 62.1 Å². The van der Waals surface area contributed by atoms with Crippen molar-refractivity contribution in [2.24, 2.45) is 0 Å². The van der Waals surface area contributed by atoms with Crippen LogP contribution in [-0.4, -0.2) is 6.04 Å². The van der Waals surface area contributed by atoms with E-state index in [-0.39, 0.29) is 0 Å². The lowest BCUT2D eigenvalue weighted by atomic mass is 10.1. The fourth-order valence-corrected chi connectivity index (χ4v) is 2.09. The fourth-order valence-electron chi connectivity index (χ4n) is 2.09. The van der Waals surface area contributed by atoms with Gasteiger partial charge in [-0.2, -0.15) is 0 Å². The highest BCUT2D eigenvalue weighted by atomic mass is 15.2. The zero-order chi connectivity index (χ0) is 13.1. The van der Waals surface area contributed by atoms with Gasteiger partial charge in [-0.25, -0.2) is 0 Å². The highest BCUT2D eigenvalue weighted by Gasteiger charge is 2.12. The quantitative estimate of drug-likeness (QED) is 0.817. The maximum absolute atomic E-state index is 5.74. The topological polar surface area (TPSA) is 29.3 Å². The number of aryl methyl sites for hydroxylation is 1. The zero-order valence-electron chi connectivity index (χ0n) is 11.2. The van der Waals surface area contributed by atoms with Gasteiger partial charge in [0.15, 0.2) is 0 Å². The summed E-state index contributed by atoms with van der Waals surface area (Å²) in [5, 5.41) is 0. The molecule has 0 unspecified atom stereocenters. The van der Waals surface area contributed by atoms with Crippen molar-refractivity contribution in [1.29, 1.82) is 0 Å². The third-order valence-corrected chi connectivity index (χ3v) is 3.00. The molecule has 2 N–H and O–H groups in total. The van der Waals surface area contributed by atoms with Gasteiger partial charge in [-0.05, 0) is 57.2 Å². The van der Waals surface area contributed by atoms with Crippen LogP contribution in [-0.2, 0) is 0 Å². The lowest BCUT2D eigenvalue weighted by Gasteiger charge is -2.29. The van der Waals surface area contributed by atoms with Crippen molar-refractivity contribution in [3.05, 3.63) is 54.1 Å². The van der Waals surface area contributed by atoms with E-state index >= 15 is 0 Å². The second kappa shape index (κ2) is 5.13. The lowest BCUT2D eigenvalue weighted by Crippen LogP contribution is -2.25. The summed E-state index contributed by atoms with van der Waals surface area (Å²) in [4.78, 5) is 2.30. The first-order valence-electron chi connectivity index (χ1n) is 6.29. The number of hydrogen-bond donors (Lipinski definition) is 1. The number of nitrogens with two attached hydrogens (primary N) is 1. The predicted octanol–water partition coefficient (Wildman–Crippen LogP) is 4.12. The standard InChI is InChI=1S/C16H20N2/c1-12(2)18(15-8-4-13(3)5-9-15)16-10-6-14(17)7-11-16/h4-12H,17H2,1-3H3. The second-order valence-corrected chi connectivity index (χ2v) is 4.89. The summed E-state index contributed by atoms with van der Waals surface area (Å²) in [6, 6.07) is 17.0. The van der Waals surface area contributed by atoms with E-state index in [0.29, 0.717) is 6.04 Å². The molecular formula is C16H20N2. The maximum Gasteiger partial charge on any atom is 0.0414 e. The molecule has 0 saturated carbocycles. The Labute approximate surface area is 109 Å². The number of hydrogen-bond acceptors (Lipinski definition) is 2. The van der Waals surface area contributed by atoms with E-state index in [1.807, 2.05) is 12.1 Å². The van der Waals surface area contributed by atoms with Crippen molar-refractivity contribution < 1.29 is 0 Å². The van der Waals surface area contributed by atoms with Crippen molar-refractivity contribution in [1.82, 2.24) is 0 Å². The number of benzene rings is 2. The Morgan fingerprint density at radius 1 is 0.833 bits per heavy atom. The molecule has 0 fully saturated rings. The molecule has 0 aliphatic heterocycles. The first-order chi connectivity index (χ1) is 8.58. The average molecular weight is 240 g/mol. The average Bonchev–Trinajstić information content (AvgIpc) is 2.34. The van der Waals surface area contributed by atoms with E-state index in [4.69, 9.17) is 5.73 Å². The fraction of sp³-hybridized carbons (Fsp3) is 0.250. The number of anilines is 3. The zero-order valence-corrected chi connectivity index (χ0v) is 11.2. The van der Waals surface area contributed by atoms with Crippen LogP contribution in [0, 0.1) is 6.92 Å². The van der Waals surface area contributed by atoms with Crippen molar-refractivity contribution in [2.75, 3.05) is 10.6 Å². The van der Waals surface area contributed by atoms with Crippen molar-refractivity contribution in [2.45, 2.75) is 26.8 Å². The van der Waals surface area contributed by atoms with Gasteiger partial charge < -0.3 is 10.6 Å². The monoisotopic (exact) mass is 240 g/mol. The second-order valence-electron chi connectivity index (χ2n) is 4.89. The van der Waals surface area contributed by atoms with Gasteiger partial charge in [-0.15, -0.1) is 0 Å². The van der Waals surface area contributed by atoms with Gasteiger partial charge in [0, 0.05) is 23.1 Å². The van der Waals surface area contributed by atoms with Gasteiger partial charge in [-0.3, -0.25) is 0 Å². The molecule has 0 radical (unpaired) electrons. The molecular weight excluding hydrogens is 220 g/mol. The highest BCUT2D eigenvalue weighted by molar-refractivity contribution is 5.65. The first-order valence-corrected chi connectivity index (χ1v) is 6.29. The third-order valence-electron chi connectivity index (χ3n) is 3.00. The van der Waals surface area contributed by atoms with Crippen LogP contribution in [0.5, 0.6) is 0 Å². The molecule has 94 valence electrons. The van der Waals surface area contributed by atoms with Crippen LogP contribution in [0.1, 0.15) is 19.4 Å². The van der Waals surface area contributed by atoms with Crippen LogP contribution in [0.2, 0.25) is 0 Å². The predicted molar refractivity (Wildman–Crippen MR) is 79.3 cm³/mol. The molecule has 0 aliphatic rings. The van der Waals surface area contributed by atoms with Gasteiger partial charge in [-0.1, -0.05) is 17.7 Å². The summed E-state index contributed by atoms with van der Waals surface area (Å²) >= 11 is 0. The van der Waals surface area contributed by atoms with Gasteiger partial charge in [0.25, 0.3) is 0 Å². The van der Waals surface area contributed by atoms with Crippen molar-refractivity contribution in [3.63, 3.8) is 0 Å². The SMILES string of the molecule is Cc1ccc(N(c2ccc(N)cc2)C(C)C)cc1. The van der Waals surface area contributed by atoms with Crippen LogP contribution in [0.25, 0.3) is 0 Å². The summed E-state index contributed by atoms with van der Waals surface area (Å²) < 4.78 is 0. The summed E-state index contributed by atoms with van der Waals surface area (Å²) in [6.45, 7) is 6.49. The highest BCUT2D eigenvalue weighted by Crippen LogP contribution is 2.28. The van der Waals surface area contributed by atoms with E-state index in [9.17, 15) is 0 Å². The minimum absolute atomic E-state index is 0.399. The normalized spacial score (nSPS) is 10.7. The Balaban J connectivity index is 2.39. The summed E-state index contributed by atoms with van der Waals surface area (Å²) in [6.07, 6.45) is 0. The van der Waals surface area contributed by atoms with Crippen molar-refractivity contribution >= 4 is 17.1 Å². The number of rotatable bonds is 3. The number of nitrogen functional groups attached to an aromatic ring is 1. The van der Waals surface area contributed by atoms with Crippen LogP contribution >= 0.6 is 0 Å². The molecule has 0 aromatic heterocycles. The Kier molecular flexibility index (Phi) is 3.56. The van der Waals surface area contributed by atoms with Gasteiger partial charge >= 0.3 is 0 Å². The Morgan fingerprint density at radius 3 is 1.72 bits per heavy atom. The molecule has 2 rings (SSSR count). The summed E-state index contributed by atoms with van der Waals surface area (Å²) in [7, 11) is 0. The van der Waals surface area contributed by atoms with Crippen LogP contribution in [0.15, 0.2) is 48.5 Å². The van der Waals surface area contributed by atoms with Crippen molar-refractivity contribution in [3.8, 4) is 0 Å². The van der Waals surface area contributed by atoms with Gasteiger partial charge in [0.2, 0.25) is 0 Å². The molecule has 2 aromatic rings. The Bertz CT molecular complexity index is 452. The molecule has 0 atom stereocenters. The molecule has 0 aliphatic carbocycles.